The SMILES string of the molecule is Cc1cc(-c2nc(-c3cc(CCC(=O)C(C)(C)C(F)(F)F)ccc3Cl)[nH]c(=O)n2)cc(C)c1OCC1CC1. The van der Waals surface area contributed by atoms with Crippen molar-refractivity contribution in [3.63, 3.8) is 0 Å². The highest BCUT2D eigenvalue weighted by atomic mass is 35.5. The first-order valence-corrected chi connectivity index (χ1v) is 12.8. The van der Waals surface area contributed by atoms with Crippen molar-refractivity contribution in [1.82, 2.24) is 15.0 Å². The van der Waals surface area contributed by atoms with Gasteiger partial charge in [-0.3, -0.25) is 9.78 Å². The zero-order valence-corrected chi connectivity index (χ0v) is 22.4. The van der Waals surface area contributed by atoms with E-state index < -0.39 is 23.1 Å². The fraction of sp³-hybridized carbons (Fsp3) is 0.429. The van der Waals surface area contributed by atoms with Crippen LogP contribution in [0.4, 0.5) is 13.2 Å². The molecule has 10 heteroatoms. The molecule has 4 rings (SSSR count). The Morgan fingerprint density at radius 2 is 1.76 bits per heavy atom. The molecule has 1 N–H and O–H groups in total. The lowest BCUT2D eigenvalue weighted by Gasteiger charge is -2.26. The van der Waals surface area contributed by atoms with Crippen molar-refractivity contribution in [3.05, 3.63) is 62.5 Å². The zero-order chi connectivity index (χ0) is 27.8. The number of aromatic amines is 1. The van der Waals surface area contributed by atoms with E-state index in [1.165, 1.54) is 12.8 Å². The Morgan fingerprint density at radius 1 is 1.11 bits per heavy atom. The van der Waals surface area contributed by atoms with E-state index in [2.05, 4.69) is 15.0 Å². The lowest BCUT2D eigenvalue weighted by molar-refractivity contribution is -0.210. The fourth-order valence-electron chi connectivity index (χ4n) is 4.07. The Labute approximate surface area is 223 Å². The molecule has 2 aromatic carbocycles. The van der Waals surface area contributed by atoms with Crippen LogP contribution in [0.2, 0.25) is 5.02 Å². The fourth-order valence-corrected chi connectivity index (χ4v) is 4.28. The molecular weight excluding hydrogens is 519 g/mol. The van der Waals surface area contributed by atoms with Crippen LogP contribution in [0.5, 0.6) is 5.75 Å². The second-order valence-corrected chi connectivity index (χ2v) is 10.8. The van der Waals surface area contributed by atoms with E-state index in [1.54, 1.807) is 18.2 Å². The lowest BCUT2D eigenvalue weighted by atomic mass is 9.84. The predicted molar refractivity (Wildman–Crippen MR) is 139 cm³/mol. The molecular formula is C28H29ClF3N3O3. The second kappa shape index (κ2) is 10.5. The van der Waals surface area contributed by atoms with Gasteiger partial charge in [-0.15, -0.1) is 0 Å². The number of halogens is 4. The first-order valence-electron chi connectivity index (χ1n) is 12.4. The largest absolute Gasteiger partial charge is 0.493 e. The smallest absolute Gasteiger partial charge is 0.400 e. The summed E-state index contributed by atoms with van der Waals surface area (Å²) in [5.41, 5.74) is 0.335. The molecule has 0 amide bonds. The van der Waals surface area contributed by atoms with Crippen LogP contribution in [0.1, 0.15) is 49.8 Å². The van der Waals surface area contributed by atoms with E-state index in [-0.39, 0.29) is 29.5 Å². The molecule has 0 aliphatic heterocycles. The van der Waals surface area contributed by atoms with Crippen LogP contribution in [-0.2, 0) is 11.2 Å². The Morgan fingerprint density at radius 3 is 2.37 bits per heavy atom. The van der Waals surface area contributed by atoms with Crippen molar-refractivity contribution in [2.75, 3.05) is 6.61 Å². The number of Topliss-reactive ketones (excluding diaryl/α,β-unsaturated/α-hetero) is 1. The molecule has 3 aromatic rings. The molecule has 0 radical (unpaired) electrons. The van der Waals surface area contributed by atoms with Gasteiger partial charge < -0.3 is 4.74 Å². The number of hydrogen-bond donors (Lipinski definition) is 1. The van der Waals surface area contributed by atoms with Crippen LogP contribution < -0.4 is 10.4 Å². The van der Waals surface area contributed by atoms with Crippen LogP contribution in [0.3, 0.4) is 0 Å². The van der Waals surface area contributed by atoms with Gasteiger partial charge in [-0.2, -0.15) is 18.2 Å². The Kier molecular flexibility index (Phi) is 7.70. The highest BCUT2D eigenvalue weighted by molar-refractivity contribution is 6.33. The molecule has 1 aliphatic rings. The molecule has 1 heterocycles. The number of H-pyrrole nitrogens is 1. The van der Waals surface area contributed by atoms with Gasteiger partial charge in [0.1, 0.15) is 22.8 Å². The third-order valence-electron chi connectivity index (χ3n) is 6.86. The maximum Gasteiger partial charge on any atom is 0.400 e. The number of nitrogens with one attached hydrogen (secondary N) is 1. The van der Waals surface area contributed by atoms with E-state index in [0.29, 0.717) is 29.2 Å². The van der Waals surface area contributed by atoms with Gasteiger partial charge in [0.25, 0.3) is 0 Å². The topological polar surface area (TPSA) is 84.9 Å². The number of nitrogens with zero attached hydrogens (tertiary/aromatic N) is 2. The Hall–Kier alpha value is -3.20. The average molecular weight is 548 g/mol. The summed E-state index contributed by atoms with van der Waals surface area (Å²) >= 11 is 6.40. The summed E-state index contributed by atoms with van der Waals surface area (Å²) in [5.74, 6) is 0.881. The number of benzene rings is 2. The molecule has 1 fully saturated rings. The number of alkyl halides is 3. The lowest BCUT2D eigenvalue weighted by Crippen LogP contribution is -2.39. The summed E-state index contributed by atoms with van der Waals surface area (Å²) in [4.78, 5) is 35.9. The van der Waals surface area contributed by atoms with Gasteiger partial charge in [-0.05, 0) is 93.8 Å². The summed E-state index contributed by atoms with van der Waals surface area (Å²) in [7, 11) is 0. The van der Waals surface area contributed by atoms with Gasteiger partial charge in [0.15, 0.2) is 5.82 Å². The summed E-state index contributed by atoms with van der Waals surface area (Å²) in [6, 6.07) is 8.53. The highest BCUT2D eigenvalue weighted by Crippen LogP contribution is 2.39. The van der Waals surface area contributed by atoms with E-state index in [4.69, 9.17) is 16.3 Å². The number of aromatic nitrogens is 3. The Bertz CT molecular complexity index is 1410. The number of hydrogen-bond acceptors (Lipinski definition) is 5. The average Bonchev–Trinajstić information content (AvgIpc) is 3.66. The maximum absolute atomic E-state index is 13.2. The summed E-state index contributed by atoms with van der Waals surface area (Å²) < 4.78 is 45.6. The molecule has 0 atom stereocenters. The van der Waals surface area contributed by atoms with E-state index in [0.717, 1.165) is 30.7 Å². The first-order chi connectivity index (χ1) is 17.8. The minimum absolute atomic E-state index is 0.0748. The molecule has 6 nitrogen and oxygen atoms in total. The third-order valence-corrected chi connectivity index (χ3v) is 7.19. The third kappa shape index (κ3) is 6.09. The molecule has 1 aliphatic carbocycles. The van der Waals surface area contributed by atoms with Crippen LogP contribution in [0, 0.1) is 25.2 Å². The van der Waals surface area contributed by atoms with E-state index >= 15 is 0 Å². The minimum atomic E-state index is -4.63. The van der Waals surface area contributed by atoms with Gasteiger partial charge in [0, 0.05) is 17.5 Å². The van der Waals surface area contributed by atoms with E-state index in [1.807, 2.05) is 26.0 Å². The molecule has 38 heavy (non-hydrogen) atoms. The van der Waals surface area contributed by atoms with Gasteiger partial charge in [-0.25, -0.2) is 9.78 Å². The minimum Gasteiger partial charge on any atom is -0.493 e. The molecule has 0 saturated heterocycles. The van der Waals surface area contributed by atoms with Crippen LogP contribution >= 0.6 is 11.6 Å². The molecule has 0 unspecified atom stereocenters. The van der Waals surface area contributed by atoms with Crippen molar-refractivity contribution >= 4 is 17.4 Å². The number of ketones is 1. The number of carbonyl (C=O) groups excluding carboxylic acids is 1. The van der Waals surface area contributed by atoms with Crippen LogP contribution in [-0.4, -0.2) is 33.5 Å². The van der Waals surface area contributed by atoms with E-state index in [9.17, 15) is 22.8 Å². The van der Waals surface area contributed by atoms with Crippen molar-refractivity contribution in [3.8, 4) is 28.5 Å². The normalized spacial score (nSPS) is 14.0. The van der Waals surface area contributed by atoms with Crippen LogP contribution in [0.15, 0.2) is 35.1 Å². The monoisotopic (exact) mass is 547 g/mol. The van der Waals surface area contributed by atoms with Crippen molar-refractivity contribution in [1.29, 1.82) is 0 Å². The number of ether oxygens (including phenoxy) is 1. The van der Waals surface area contributed by atoms with Crippen molar-refractivity contribution in [2.24, 2.45) is 11.3 Å². The molecule has 202 valence electrons. The number of rotatable bonds is 9. The zero-order valence-electron chi connectivity index (χ0n) is 21.6. The summed E-state index contributed by atoms with van der Waals surface area (Å²) in [5, 5.41) is 0.284. The molecule has 1 aromatic heterocycles. The van der Waals surface area contributed by atoms with Crippen molar-refractivity contribution < 1.29 is 22.7 Å². The van der Waals surface area contributed by atoms with Gasteiger partial charge in [-0.1, -0.05) is 17.7 Å². The quantitative estimate of drug-likeness (QED) is 0.324. The van der Waals surface area contributed by atoms with Gasteiger partial charge in [0.2, 0.25) is 0 Å². The number of carbonyl (C=O) groups is 1. The summed E-state index contributed by atoms with van der Waals surface area (Å²) in [6.07, 6.45) is -2.49. The first kappa shape index (κ1) is 27.8. The molecule has 0 spiro atoms. The molecule has 0 bridgehead atoms. The van der Waals surface area contributed by atoms with Gasteiger partial charge >= 0.3 is 11.9 Å². The van der Waals surface area contributed by atoms with Crippen molar-refractivity contribution in [2.45, 2.75) is 59.6 Å². The van der Waals surface area contributed by atoms with Gasteiger partial charge in [0.05, 0.1) is 11.6 Å². The predicted octanol–water partition coefficient (Wildman–Crippen LogP) is 6.65. The molecule has 1 saturated carbocycles. The van der Waals surface area contributed by atoms with Crippen LogP contribution in [0.25, 0.3) is 22.8 Å². The second-order valence-electron chi connectivity index (χ2n) is 10.4. The Balaban J connectivity index is 1.60. The summed E-state index contributed by atoms with van der Waals surface area (Å²) in [6.45, 7) is 6.29. The standard InChI is InChI=1S/C28H29ClF3N3O3/c1-15-11-19(12-16(2)23(15)38-14-18-5-6-18)24-33-25(35-26(37)34-24)20-13-17(7-9-21(20)29)8-10-22(36)27(3,4)28(30,31)32/h7,9,11-13,18H,5-6,8,10,14H2,1-4H3,(H,33,34,35,37). The maximum atomic E-state index is 13.2. The number of aryl methyl sites for hydroxylation is 3. The highest BCUT2D eigenvalue weighted by Gasteiger charge is 2.51.